The molecule has 0 N–H and O–H groups in total. The van der Waals surface area contributed by atoms with Gasteiger partial charge in [0.25, 0.3) is 5.91 Å². The van der Waals surface area contributed by atoms with Crippen molar-refractivity contribution >= 4 is 22.9 Å². The zero-order valence-electron chi connectivity index (χ0n) is 19.6. The van der Waals surface area contributed by atoms with Gasteiger partial charge in [-0.05, 0) is 45.4 Å². The molecule has 0 aromatic carbocycles. The van der Waals surface area contributed by atoms with Gasteiger partial charge in [0.05, 0.1) is 16.3 Å². The Balaban J connectivity index is 1.72. The monoisotopic (exact) mass is 490 g/mol. The molecule has 0 saturated carbocycles. The second-order valence-corrected chi connectivity index (χ2v) is 9.24. The van der Waals surface area contributed by atoms with Crippen molar-refractivity contribution < 1.29 is 18.0 Å². The van der Waals surface area contributed by atoms with Crippen LogP contribution in [0, 0.1) is 13.8 Å². The molecule has 11 heteroatoms. The quantitative estimate of drug-likeness (QED) is 0.375. The minimum absolute atomic E-state index is 0.0285. The van der Waals surface area contributed by atoms with E-state index in [2.05, 4.69) is 15.2 Å². The number of carbonyl (C=O) groups excluding carboxylic acids is 1. The smallest absolute Gasteiger partial charge is 0.336 e. The minimum atomic E-state index is -4.66. The van der Waals surface area contributed by atoms with Crippen LogP contribution >= 0.6 is 11.3 Å². The van der Waals surface area contributed by atoms with E-state index in [4.69, 9.17) is 0 Å². The van der Waals surface area contributed by atoms with Crippen molar-refractivity contribution in [3.8, 4) is 10.6 Å². The lowest BCUT2D eigenvalue weighted by Crippen LogP contribution is -2.27. The molecule has 0 atom stereocenters. The average Bonchev–Trinajstić information content (AvgIpc) is 3.50. The van der Waals surface area contributed by atoms with E-state index in [0.29, 0.717) is 15.9 Å². The molecule has 34 heavy (non-hydrogen) atoms. The van der Waals surface area contributed by atoms with Crippen LogP contribution < -0.4 is 0 Å². The fourth-order valence-corrected chi connectivity index (χ4v) is 4.80. The van der Waals surface area contributed by atoms with Crippen LogP contribution in [0.1, 0.15) is 51.9 Å². The van der Waals surface area contributed by atoms with Gasteiger partial charge in [0, 0.05) is 42.3 Å². The lowest BCUT2D eigenvalue weighted by atomic mass is 10.2. The predicted octanol–water partition coefficient (Wildman–Crippen LogP) is 5.14. The Morgan fingerprint density at radius 1 is 1.15 bits per heavy atom. The van der Waals surface area contributed by atoms with Gasteiger partial charge in [-0.15, -0.1) is 11.3 Å². The van der Waals surface area contributed by atoms with E-state index >= 15 is 0 Å². The summed E-state index contributed by atoms with van der Waals surface area (Å²) in [5, 5.41) is 8.45. The van der Waals surface area contributed by atoms with Crippen LogP contribution in [-0.2, 0) is 25.7 Å². The average molecular weight is 491 g/mol. The second-order valence-electron chi connectivity index (χ2n) is 8.07. The summed E-state index contributed by atoms with van der Waals surface area (Å²) in [5.41, 5.74) is 1.76. The molecular formula is C23H25F3N6OS. The van der Waals surface area contributed by atoms with E-state index in [9.17, 15) is 18.0 Å². The van der Waals surface area contributed by atoms with Crippen LogP contribution in [0.5, 0.6) is 0 Å². The van der Waals surface area contributed by atoms with E-state index < -0.39 is 17.8 Å². The first-order valence-corrected chi connectivity index (χ1v) is 11.7. The lowest BCUT2D eigenvalue weighted by molar-refractivity contribution is -0.142. The molecule has 0 aliphatic rings. The van der Waals surface area contributed by atoms with E-state index in [1.807, 2.05) is 38.4 Å². The van der Waals surface area contributed by atoms with Crippen molar-refractivity contribution in [3.05, 3.63) is 57.5 Å². The predicted molar refractivity (Wildman–Crippen MR) is 124 cm³/mol. The molecular weight excluding hydrogens is 465 g/mol. The van der Waals surface area contributed by atoms with Gasteiger partial charge < -0.3 is 4.90 Å². The first-order chi connectivity index (χ1) is 16.0. The number of nitrogens with zero attached hydrogens (tertiary/aromatic N) is 6. The number of aryl methyl sites for hydroxylation is 3. The highest BCUT2D eigenvalue weighted by Gasteiger charge is 2.36. The molecule has 0 radical (unpaired) electrons. The Bertz CT molecular complexity index is 1370. The van der Waals surface area contributed by atoms with E-state index in [1.54, 1.807) is 13.1 Å². The van der Waals surface area contributed by atoms with Gasteiger partial charge in [0.1, 0.15) is 0 Å². The largest absolute Gasteiger partial charge is 0.433 e. The van der Waals surface area contributed by atoms with Gasteiger partial charge in [-0.2, -0.15) is 23.4 Å². The van der Waals surface area contributed by atoms with E-state index in [0.717, 1.165) is 34.3 Å². The number of carbonyl (C=O) groups is 1. The summed E-state index contributed by atoms with van der Waals surface area (Å²) in [5.74, 6) is -0.493. The third-order valence-electron chi connectivity index (χ3n) is 5.77. The Kier molecular flexibility index (Phi) is 6.24. The molecule has 7 nitrogen and oxygen atoms in total. The zero-order valence-corrected chi connectivity index (χ0v) is 20.4. The van der Waals surface area contributed by atoms with Crippen molar-refractivity contribution in [2.45, 2.75) is 53.4 Å². The molecule has 0 aliphatic heterocycles. The highest BCUT2D eigenvalue weighted by atomic mass is 32.1. The van der Waals surface area contributed by atoms with Crippen molar-refractivity contribution in [3.63, 3.8) is 0 Å². The summed E-state index contributed by atoms with van der Waals surface area (Å²) in [4.78, 5) is 20.6. The van der Waals surface area contributed by atoms with Gasteiger partial charge in [-0.3, -0.25) is 9.48 Å². The highest BCUT2D eigenvalue weighted by molar-refractivity contribution is 7.15. The maximum Gasteiger partial charge on any atom is 0.433 e. The van der Waals surface area contributed by atoms with Crippen LogP contribution in [-0.4, -0.2) is 42.2 Å². The first-order valence-electron chi connectivity index (χ1n) is 10.9. The van der Waals surface area contributed by atoms with Gasteiger partial charge in [0.2, 0.25) is 0 Å². The van der Waals surface area contributed by atoms with Crippen molar-refractivity contribution in [1.29, 1.82) is 0 Å². The molecule has 4 aromatic rings. The molecule has 0 unspecified atom stereocenters. The summed E-state index contributed by atoms with van der Waals surface area (Å²) in [6.07, 6.45) is -3.88. The maximum absolute atomic E-state index is 13.9. The molecule has 0 saturated heterocycles. The number of halogens is 3. The second kappa shape index (κ2) is 8.86. The van der Waals surface area contributed by atoms with Crippen LogP contribution in [0.15, 0.2) is 24.3 Å². The molecule has 0 bridgehead atoms. The van der Waals surface area contributed by atoms with E-state index in [1.165, 1.54) is 22.3 Å². The van der Waals surface area contributed by atoms with E-state index in [-0.39, 0.29) is 23.6 Å². The number of thiophene rings is 1. The summed E-state index contributed by atoms with van der Waals surface area (Å²) in [7, 11) is 1.59. The summed E-state index contributed by atoms with van der Waals surface area (Å²) in [6, 6.07) is 5.93. The number of alkyl halides is 3. The number of rotatable bonds is 6. The van der Waals surface area contributed by atoms with Gasteiger partial charge in [-0.25, -0.2) is 9.50 Å². The standard InChI is InChI=1S/C23H25F3N6OS/c1-6-15-8-9-19(34-15)17-10-20(23(24,25)26)32-21(27-17)11-18(29-32)22(33)30(5)12-16-13(3)28-31(7-2)14(16)4/h8-11H,6-7,12H2,1-5H3. The number of hydrogen-bond acceptors (Lipinski definition) is 5. The first kappa shape index (κ1) is 23.9. The van der Waals surface area contributed by atoms with Crippen molar-refractivity contribution in [2.24, 2.45) is 0 Å². The van der Waals surface area contributed by atoms with Crippen molar-refractivity contribution in [2.75, 3.05) is 7.05 Å². The van der Waals surface area contributed by atoms with Crippen LogP contribution in [0.4, 0.5) is 13.2 Å². The zero-order chi connectivity index (χ0) is 24.8. The molecule has 180 valence electrons. The molecule has 0 spiro atoms. The highest BCUT2D eigenvalue weighted by Crippen LogP contribution is 2.34. The number of fused-ring (bicyclic) bond motifs is 1. The van der Waals surface area contributed by atoms with Crippen molar-refractivity contribution in [1.82, 2.24) is 29.3 Å². The molecule has 0 fully saturated rings. The molecule has 1 amide bonds. The van der Waals surface area contributed by atoms with Crippen LogP contribution in [0.25, 0.3) is 16.2 Å². The molecule has 4 aromatic heterocycles. The normalized spacial score (nSPS) is 12.0. The third kappa shape index (κ3) is 4.31. The summed E-state index contributed by atoms with van der Waals surface area (Å²) in [6.45, 7) is 8.73. The maximum atomic E-state index is 13.9. The number of aromatic nitrogens is 5. The van der Waals surface area contributed by atoms with Gasteiger partial charge in [-0.1, -0.05) is 6.92 Å². The topological polar surface area (TPSA) is 68.3 Å². The van der Waals surface area contributed by atoms with Gasteiger partial charge >= 0.3 is 6.18 Å². The minimum Gasteiger partial charge on any atom is -0.336 e. The fourth-order valence-electron chi connectivity index (χ4n) is 3.89. The SMILES string of the molecule is CCc1ccc(-c2cc(C(F)(F)F)n3nc(C(=O)N(C)Cc4c(C)nn(CC)c4C)cc3n2)s1. The summed E-state index contributed by atoms with van der Waals surface area (Å²) >= 11 is 1.40. The molecule has 0 aliphatic carbocycles. The van der Waals surface area contributed by atoms with Crippen LogP contribution in [0.3, 0.4) is 0 Å². The summed E-state index contributed by atoms with van der Waals surface area (Å²) < 4.78 is 44.2. The Labute approximate surface area is 198 Å². The Hall–Kier alpha value is -3.21. The Morgan fingerprint density at radius 3 is 2.47 bits per heavy atom. The Morgan fingerprint density at radius 2 is 1.88 bits per heavy atom. The number of hydrogen-bond donors (Lipinski definition) is 0. The fraction of sp³-hybridized carbons (Fsp3) is 0.391. The van der Waals surface area contributed by atoms with Crippen LogP contribution in [0.2, 0.25) is 0 Å². The van der Waals surface area contributed by atoms with Gasteiger partial charge in [0.15, 0.2) is 17.0 Å². The number of amides is 1. The molecule has 4 rings (SSSR count). The third-order valence-corrected chi connectivity index (χ3v) is 7.02. The molecule has 4 heterocycles. The lowest BCUT2D eigenvalue weighted by Gasteiger charge is -2.16.